The topological polar surface area (TPSA) is 95.5 Å². The lowest BCUT2D eigenvalue weighted by Gasteiger charge is -2.14. The summed E-state index contributed by atoms with van der Waals surface area (Å²) in [5.74, 6) is -3.04. The van der Waals surface area contributed by atoms with E-state index >= 15 is 0 Å². The van der Waals surface area contributed by atoms with Crippen LogP contribution in [0.3, 0.4) is 0 Å². The number of hydrogen-bond acceptors (Lipinski definition) is 4. The van der Waals surface area contributed by atoms with Gasteiger partial charge in [0.05, 0.1) is 37.0 Å². The molecule has 3 N–H and O–H groups in total. The fourth-order valence-corrected chi connectivity index (χ4v) is 4.56. The molecule has 6 nitrogen and oxygen atoms in total. The van der Waals surface area contributed by atoms with Crippen LogP contribution in [0.15, 0.2) is 53.4 Å². The third-order valence-corrected chi connectivity index (χ3v) is 7.09. The summed E-state index contributed by atoms with van der Waals surface area (Å²) in [6.45, 7) is 0. The minimum atomic E-state index is -1.51. The first kappa shape index (κ1) is 26.1. The van der Waals surface area contributed by atoms with E-state index in [0.717, 1.165) is 0 Å². The molecule has 0 aliphatic heterocycles. The highest BCUT2D eigenvalue weighted by Crippen LogP contribution is 2.41. The van der Waals surface area contributed by atoms with Crippen molar-refractivity contribution in [3.8, 4) is 0 Å². The molecule has 0 heterocycles. The van der Waals surface area contributed by atoms with Crippen molar-refractivity contribution < 1.29 is 23.9 Å². The van der Waals surface area contributed by atoms with Gasteiger partial charge in [0, 0.05) is 16.3 Å². The molecule has 3 aromatic rings. The largest absolute Gasteiger partial charge is 0.478 e. The van der Waals surface area contributed by atoms with E-state index in [1.807, 2.05) is 0 Å². The molecule has 176 valence electrons. The second kappa shape index (κ2) is 11.3. The minimum Gasteiger partial charge on any atom is -0.478 e. The number of carboxylic acid groups (broad SMARTS) is 1. The van der Waals surface area contributed by atoms with E-state index in [4.69, 9.17) is 46.4 Å². The number of hydrogen-bond donors (Lipinski definition) is 3. The van der Waals surface area contributed by atoms with Gasteiger partial charge in [0.1, 0.15) is 5.82 Å². The van der Waals surface area contributed by atoms with E-state index in [9.17, 15) is 23.9 Å². The Labute approximate surface area is 217 Å². The van der Waals surface area contributed by atoms with Crippen molar-refractivity contribution >= 4 is 87.3 Å². The van der Waals surface area contributed by atoms with Gasteiger partial charge in [-0.25, -0.2) is 9.18 Å². The van der Waals surface area contributed by atoms with Crippen molar-refractivity contribution in [1.82, 2.24) is 0 Å². The SMILES string of the molecule is O=C(CSc1cccc(NC(=O)c2c(Cl)c(Cl)c(Cl)c(Cl)c2C(=O)O)c1)Nc1ccc(F)cc1. The summed E-state index contributed by atoms with van der Waals surface area (Å²) in [7, 11) is 0. The molecule has 0 saturated heterocycles. The van der Waals surface area contributed by atoms with Gasteiger partial charge in [-0.3, -0.25) is 9.59 Å². The third kappa shape index (κ3) is 6.14. The first-order valence-electron chi connectivity index (χ1n) is 9.27. The number of thioether (sulfide) groups is 1. The summed E-state index contributed by atoms with van der Waals surface area (Å²) < 4.78 is 13.0. The molecule has 0 spiro atoms. The Morgan fingerprint density at radius 3 is 2.06 bits per heavy atom. The van der Waals surface area contributed by atoms with Crippen LogP contribution in [0.25, 0.3) is 0 Å². The molecule has 3 rings (SSSR count). The number of rotatable bonds is 7. The maximum atomic E-state index is 13.0. The number of benzene rings is 3. The second-order valence-corrected chi connectivity index (χ2v) is 9.20. The van der Waals surface area contributed by atoms with Gasteiger partial charge in [0.2, 0.25) is 5.91 Å². The van der Waals surface area contributed by atoms with Gasteiger partial charge < -0.3 is 15.7 Å². The van der Waals surface area contributed by atoms with Crippen LogP contribution in [0.1, 0.15) is 20.7 Å². The standard InChI is InChI=1S/C22H13Cl4FN2O4S/c23-17-15(16(22(32)33)18(24)20(26)19(17)25)21(31)29-12-2-1-3-13(8-12)34-9-14(30)28-11-6-4-10(27)5-7-11/h1-8H,9H2,(H,28,30)(H,29,31)(H,32,33). The Kier molecular flexibility index (Phi) is 8.67. The van der Waals surface area contributed by atoms with Gasteiger partial charge in [0.25, 0.3) is 5.91 Å². The maximum Gasteiger partial charge on any atom is 0.338 e. The fourth-order valence-electron chi connectivity index (χ4n) is 2.78. The predicted molar refractivity (Wildman–Crippen MR) is 134 cm³/mol. The van der Waals surface area contributed by atoms with Crippen molar-refractivity contribution in [1.29, 1.82) is 0 Å². The average Bonchev–Trinajstić information content (AvgIpc) is 2.80. The zero-order chi connectivity index (χ0) is 25.0. The Morgan fingerprint density at radius 1 is 0.824 bits per heavy atom. The normalized spacial score (nSPS) is 10.6. The fraction of sp³-hybridized carbons (Fsp3) is 0.0455. The molecular weight excluding hydrogens is 549 g/mol. The summed E-state index contributed by atoms with van der Waals surface area (Å²) >= 11 is 25.2. The number of carboxylic acids is 1. The summed E-state index contributed by atoms with van der Waals surface area (Å²) in [5.41, 5.74) is -0.255. The summed E-state index contributed by atoms with van der Waals surface area (Å²) in [4.78, 5) is 37.3. The van der Waals surface area contributed by atoms with Crippen LogP contribution in [-0.2, 0) is 4.79 Å². The lowest BCUT2D eigenvalue weighted by atomic mass is 10.1. The van der Waals surface area contributed by atoms with Crippen molar-refractivity contribution in [3.63, 3.8) is 0 Å². The van der Waals surface area contributed by atoms with Crippen LogP contribution in [0, 0.1) is 5.82 Å². The Hall–Kier alpha value is -2.49. The van der Waals surface area contributed by atoms with E-state index in [0.29, 0.717) is 16.3 Å². The lowest BCUT2D eigenvalue weighted by molar-refractivity contribution is -0.113. The Bertz CT molecular complexity index is 1290. The number of nitrogens with one attached hydrogen (secondary N) is 2. The smallest absolute Gasteiger partial charge is 0.338 e. The predicted octanol–water partition coefficient (Wildman–Crippen LogP) is 7.12. The van der Waals surface area contributed by atoms with Gasteiger partial charge in [0.15, 0.2) is 0 Å². The van der Waals surface area contributed by atoms with E-state index < -0.39 is 33.8 Å². The molecule has 0 unspecified atom stereocenters. The number of amides is 2. The number of carbonyl (C=O) groups excluding carboxylic acids is 2. The third-order valence-electron chi connectivity index (χ3n) is 4.30. The number of anilines is 2. The molecule has 0 fully saturated rings. The van der Waals surface area contributed by atoms with Crippen LogP contribution in [-0.4, -0.2) is 28.6 Å². The van der Waals surface area contributed by atoms with Gasteiger partial charge in [-0.2, -0.15) is 0 Å². The van der Waals surface area contributed by atoms with E-state index in [2.05, 4.69) is 10.6 Å². The Morgan fingerprint density at radius 2 is 1.44 bits per heavy atom. The maximum absolute atomic E-state index is 13.0. The van der Waals surface area contributed by atoms with Crippen LogP contribution < -0.4 is 10.6 Å². The molecule has 0 radical (unpaired) electrons. The zero-order valence-electron chi connectivity index (χ0n) is 16.8. The Balaban J connectivity index is 1.73. The summed E-state index contributed by atoms with van der Waals surface area (Å²) in [6, 6.07) is 11.9. The van der Waals surface area contributed by atoms with Crippen LogP contribution in [0.5, 0.6) is 0 Å². The van der Waals surface area contributed by atoms with Crippen molar-refractivity contribution in [2.75, 3.05) is 16.4 Å². The van der Waals surface area contributed by atoms with Crippen LogP contribution in [0.2, 0.25) is 20.1 Å². The molecule has 0 bridgehead atoms. The van der Waals surface area contributed by atoms with E-state index in [1.165, 1.54) is 36.0 Å². The van der Waals surface area contributed by atoms with E-state index in [1.54, 1.807) is 24.3 Å². The molecule has 34 heavy (non-hydrogen) atoms. The molecule has 0 aliphatic rings. The zero-order valence-corrected chi connectivity index (χ0v) is 20.6. The average molecular weight is 562 g/mol. The first-order chi connectivity index (χ1) is 16.1. The summed E-state index contributed by atoms with van der Waals surface area (Å²) in [6.07, 6.45) is 0. The number of aromatic carboxylic acids is 1. The van der Waals surface area contributed by atoms with Crippen LogP contribution in [0.4, 0.5) is 15.8 Å². The molecule has 0 atom stereocenters. The van der Waals surface area contributed by atoms with Crippen molar-refractivity contribution in [3.05, 3.63) is 85.6 Å². The monoisotopic (exact) mass is 560 g/mol. The molecule has 0 aliphatic carbocycles. The molecule has 12 heteroatoms. The minimum absolute atomic E-state index is 0.0478. The highest BCUT2D eigenvalue weighted by atomic mass is 35.5. The summed E-state index contributed by atoms with van der Waals surface area (Å²) in [5, 5.41) is 13.4. The van der Waals surface area contributed by atoms with Crippen LogP contribution >= 0.6 is 58.2 Å². The molecular formula is C22H13Cl4FN2O4S. The highest BCUT2D eigenvalue weighted by Gasteiger charge is 2.29. The molecule has 0 aromatic heterocycles. The van der Waals surface area contributed by atoms with Crippen molar-refractivity contribution in [2.24, 2.45) is 0 Å². The van der Waals surface area contributed by atoms with E-state index in [-0.39, 0.29) is 26.7 Å². The molecule has 3 aromatic carbocycles. The number of carbonyl (C=O) groups is 3. The van der Waals surface area contributed by atoms with Gasteiger partial charge in [-0.05, 0) is 42.5 Å². The lowest BCUT2D eigenvalue weighted by Crippen LogP contribution is -2.18. The van der Waals surface area contributed by atoms with Gasteiger partial charge in [-0.15, -0.1) is 11.8 Å². The first-order valence-corrected chi connectivity index (χ1v) is 11.8. The highest BCUT2D eigenvalue weighted by molar-refractivity contribution is 8.00. The second-order valence-electron chi connectivity index (χ2n) is 6.64. The molecule has 0 saturated carbocycles. The quantitative estimate of drug-likeness (QED) is 0.162. The van der Waals surface area contributed by atoms with Crippen molar-refractivity contribution in [2.45, 2.75) is 4.90 Å². The molecule has 2 amide bonds. The van der Waals surface area contributed by atoms with Gasteiger partial charge >= 0.3 is 5.97 Å². The number of halogens is 5. The van der Waals surface area contributed by atoms with Gasteiger partial charge in [-0.1, -0.05) is 52.5 Å².